The summed E-state index contributed by atoms with van der Waals surface area (Å²) >= 11 is -1.77. The molecule has 0 amide bonds. The van der Waals surface area contributed by atoms with Gasteiger partial charge in [0, 0.05) is 16.6 Å². The third-order valence-electron chi connectivity index (χ3n) is 7.27. The number of halogens is 2. The zero-order valence-corrected chi connectivity index (χ0v) is 27.7. The van der Waals surface area contributed by atoms with Crippen molar-refractivity contribution in [2.45, 2.75) is 78.4 Å². The molecule has 1 aliphatic heterocycles. The van der Waals surface area contributed by atoms with E-state index in [4.69, 9.17) is 28.5 Å². The Hall–Kier alpha value is -2.13. The maximum absolute atomic E-state index is 6.26. The van der Waals surface area contributed by atoms with Crippen LogP contribution in [0, 0.1) is 13.5 Å². The monoisotopic (exact) mass is 666 g/mol. The summed E-state index contributed by atoms with van der Waals surface area (Å²) in [4.78, 5) is 2.49. The van der Waals surface area contributed by atoms with Gasteiger partial charge in [-0.05, 0) is 56.9 Å². The molecule has 1 saturated heterocycles. The van der Waals surface area contributed by atoms with Crippen molar-refractivity contribution in [3.05, 3.63) is 102 Å². The van der Waals surface area contributed by atoms with E-state index in [9.17, 15) is 0 Å². The Balaban J connectivity index is 0.000000224. The summed E-state index contributed by atoms with van der Waals surface area (Å²) in [5.74, 6) is 1.91. The van der Waals surface area contributed by atoms with Crippen molar-refractivity contribution in [3.8, 4) is 5.75 Å². The van der Waals surface area contributed by atoms with E-state index < -0.39 is 13.5 Å². The van der Waals surface area contributed by atoms with Crippen LogP contribution < -0.4 is 9.64 Å². The van der Waals surface area contributed by atoms with Gasteiger partial charge in [-0.2, -0.15) is 0 Å². The Labute approximate surface area is 252 Å². The van der Waals surface area contributed by atoms with Gasteiger partial charge in [-0.1, -0.05) is 55.7 Å². The van der Waals surface area contributed by atoms with E-state index in [1.54, 1.807) is 0 Å². The topological polar surface area (TPSA) is 25.6 Å². The number of rotatable bonds is 6. The molecule has 6 heteroatoms. The van der Waals surface area contributed by atoms with Crippen LogP contribution in [0.3, 0.4) is 0 Å². The Morgan fingerprint density at radius 2 is 1.73 bits per heavy atom. The average molecular weight is 667 g/mol. The number of hydrogen-bond donors (Lipinski definition) is 0. The number of nitrogens with zero attached hydrogens (tertiary/aromatic N) is 1. The van der Waals surface area contributed by atoms with Crippen LogP contribution in [-0.2, 0) is 25.4 Å². The molecule has 0 bridgehead atoms. The maximum Gasteiger partial charge on any atom is 0.134 e. The normalized spacial score (nSPS) is 18.4. The molecule has 0 N–H and O–H groups in total. The summed E-state index contributed by atoms with van der Waals surface area (Å²) in [7, 11) is 11.6. The van der Waals surface area contributed by atoms with Crippen molar-refractivity contribution >= 4 is 40.6 Å². The third-order valence-corrected chi connectivity index (χ3v) is 9.10. The Bertz CT molecular complexity index is 1460. The predicted molar refractivity (Wildman–Crippen MR) is 169 cm³/mol. The molecule has 0 radical (unpaired) electrons. The molecule has 0 saturated carbocycles. The molecule has 40 heavy (non-hydrogen) atoms. The molecular weight excluding hydrogens is 626 g/mol. The fourth-order valence-electron chi connectivity index (χ4n) is 5.63. The fourth-order valence-corrected chi connectivity index (χ4v) is 7.44. The molecule has 1 aromatic heterocycles. The second-order valence-corrected chi connectivity index (χ2v) is 17.2. The molecule has 5 rings (SSSR count). The maximum atomic E-state index is 6.26. The van der Waals surface area contributed by atoms with Crippen LogP contribution in [0.25, 0.3) is 11.0 Å². The van der Waals surface area contributed by atoms with Gasteiger partial charge < -0.3 is 9.32 Å². The van der Waals surface area contributed by atoms with Gasteiger partial charge in [-0.3, -0.25) is 0 Å². The molecule has 2 heterocycles. The zero-order valence-electron chi connectivity index (χ0n) is 24.4. The molecule has 1 fully saturated rings. The van der Waals surface area contributed by atoms with Gasteiger partial charge in [-0.15, -0.1) is 0 Å². The van der Waals surface area contributed by atoms with Crippen molar-refractivity contribution < 1.29 is 22.7 Å². The molecule has 4 aromatic rings. The molecule has 216 valence electrons. The Morgan fingerprint density at radius 3 is 2.40 bits per heavy atom. The summed E-state index contributed by atoms with van der Waals surface area (Å²) in [5, 5.41) is 1.18. The second kappa shape index (κ2) is 12.8. The van der Waals surface area contributed by atoms with Crippen LogP contribution in [0.1, 0.15) is 70.4 Å². The van der Waals surface area contributed by atoms with Crippen molar-refractivity contribution in [2.75, 3.05) is 4.90 Å². The van der Waals surface area contributed by atoms with E-state index in [0.29, 0.717) is 0 Å². The van der Waals surface area contributed by atoms with E-state index in [1.807, 2.05) is 48.8 Å². The van der Waals surface area contributed by atoms with Gasteiger partial charge in [0.15, 0.2) is 0 Å². The summed E-state index contributed by atoms with van der Waals surface area (Å²) in [6, 6.07) is 24.9. The molecule has 0 aliphatic carbocycles. The van der Waals surface area contributed by atoms with Crippen LogP contribution in [-0.4, -0.2) is 16.3 Å². The van der Waals surface area contributed by atoms with E-state index >= 15 is 0 Å². The fraction of sp³-hybridized carbons (Fsp3) is 0.353. The molecule has 0 spiro atoms. The van der Waals surface area contributed by atoms with Crippen molar-refractivity contribution in [3.63, 3.8) is 0 Å². The predicted octanol–water partition coefficient (Wildman–Crippen LogP) is 9.96. The summed E-state index contributed by atoms with van der Waals surface area (Å²) < 4.78 is 13.8. The molecule has 3 nitrogen and oxygen atoms in total. The SMILES string of the molecule is CC(C)Oc1ccccc1[CH]=[Ru]([Cl])[Cl].CCc1cccc(C)c1N1[CH-]C(C)(c2cc3ccccc3o2)CC1(C)C. The van der Waals surface area contributed by atoms with Crippen LogP contribution >= 0.6 is 19.4 Å². The molecule has 1 unspecified atom stereocenters. The first-order valence-electron chi connectivity index (χ1n) is 13.8. The van der Waals surface area contributed by atoms with Crippen molar-refractivity contribution in [1.82, 2.24) is 0 Å². The quantitative estimate of drug-likeness (QED) is 0.151. The van der Waals surface area contributed by atoms with Crippen LogP contribution in [0.2, 0.25) is 0 Å². The third kappa shape index (κ3) is 7.01. The first-order chi connectivity index (χ1) is 18.9. The van der Waals surface area contributed by atoms with Crippen LogP contribution in [0.4, 0.5) is 5.69 Å². The van der Waals surface area contributed by atoms with Gasteiger partial charge in [0.1, 0.15) is 5.58 Å². The van der Waals surface area contributed by atoms with E-state index in [0.717, 1.165) is 35.5 Å². The minimum atomic E-state index is -1.77. The molecular formula is C34H40Cl2NO2Ru-. The van der Waals surface area contributed by atoms with E-state index in [-0.39, 0.29) is 17.1 Å². The number of benzene rings is 3. The number of furan rings is 1. The van der Waals surface area contributed by atoms with Gasteiger partial charge in [-0.25, -0.2) is 6.54 Å². The number of hydrogen-bond acceptors (Lipinski definition) is 3. The molecule has 1 aliphatic rings. The number of aryl methyl sites for hydroxylation is 2. The first kappa shape index (κ1) is 30.8. The van der Waals surface area contributed by atoms with E-state index in [1.165, 1.54) is 22.2 Å². The minimum absolute atomic E-state index is 0.0315. The van der Waals surface area contributed by atoms with Gasteiger partial charge >= 0.3 is 97.8 Å². The van der Waals surface area contributed by atoms with Gasteiger partial charge in [0.25, 0.3) is 0 Å². The largest absolute Gasteiger partial charge is 0.517 e. The van der Waals surface area contributed by atoms with Crippen LogP contribution in [0.15, 0.2) is 77.2 Å². The number of para-hydroxylation sites is 3. The van der Waals surface area contributed by atoms with Gasteiger partial charge in [0.05, 0.1) is 5.76 Å². The number of ether oxygens (including phenoxy) is 1. The smallest absolute Gasteiger partial charge is 0.134 e. The standard InChI is InChI=1S/C24H28NO.C10H12O.2ClH.Ru/c1-6-18-12-9-10-17(2)22(18)25-16-24(5,15-23(25,3)4)21-14-19-11-7-8-13-20(19)26-21;1-8(2)11-10-7-5-4-6-9(10)3;;;/h7-14,16H,6,15H2,1-5H3;3-8H,1-2H3;2*1H;/q-1;;;;+2/p-2. The van der Waals surface area contributed by atoms with Crippen LogP contribution in [0.5, 0.6) is 5.75 Å². The Morgan fingerprint density at radius 1 is 1.02 bits per heavy atom. The molecule has 1 atom stereocenters. The van der Waals surface area contributed by atoms with Crippen molar-refractivity contribution in [2.24, 2.45) is 0 Å². The van der Waals surface area contributed by atoms with Crippen molar-refractivity contribution in [1.29, 1.82) is 0 Å². The Kier molecular flexibility index (Phi) is 9.87. The minimum Gasteiger partial charge on any atom is -0.517 e. The summed E-state index contributed by atoms with van der Waals surface area (Å²) in [5.41, 5.74) is 5.98. The number of fused-ring (bicyclic) bond motifs is 1. The summed E-state index contributed by atoms with van der Waals surface area (Å²) in [6.07, 6.45) is 2.23. The second-order valence-electron chi connectivity index (χ2n) is 11.5. The first-order valence-corrected chi connectivity index (χ1v) is 19.2. The molecule has 3 aromatic carbocycles. The zero-order chi connectivity index (χ0) is 29.1. The summed E-state index contributed by atoms with van der Waals surface area (Å²) in [6.45, 7) is 17.8. The average Bonchev–Trinajstić information content (AvgIpc) is 3.43. The van der Waals surface area contributed by atoms with E-state index in [2.05, 4.69) is 88.5 Å². The number of anilines is 1. The van der Waals surface area contributed by atoms with Gasteiger partial charge in [0.2, 0.25) is 0 Å².